The zero-order valence-electron chi connectivity index (χ0n) is 15.7. The lowest BCUT2D eigenvalue weighted by Gasteiger charge is -2.21. The molecule has 152 valence electrons. The average molecular weight is 428 g/mol. The van der Waals surface area contributed by atoms with Crippen molar-refractivity contribution in [3.63, 3.8) is 0 Å². The van der Waals surface area contributed by atoms with E-state index in [4.69, 9.17) is 11.6 Å². The van der Waals surface area contributed by atoms with Gasteiger partial charge in [-0.2, -0.15) is 0 Å². The summed E-state index contributed by atoms with van der Waals surface area (Å²) >= 11 is 6.25. The Balaban J connectivity index is 1.69. The summed E-state index contributed by atoms with van der Waals surface area (Å²) in [6.45, 7) is 0. The van der Waals surface area contributed by atoms with Gasteiger partial charge in [-0.3, -0.25) is 9.69 Å². The fourth-order valence-corrected chi connectivity index (χ4v) is 3.64. The van der Waals surface area contributed by atoms with Crippen molar-refractivity contribution in [3.8, 4) is 0 Å². The third-order valence-corrected chi connectivity index (χ3v) is 5.29. The van der Waals surface area contributed by atoms with Crippen molar-refractivity contribution >= 4 is 34.9 Å². The van der Waals surface area contributed by atoms with Crippen LogP contribution in [0.1, 0.15) is 27.5 Å². The Morgan fingerprint density at radius 1 is 1.07 bits per heavy atom. The first-order valence-corrected chi connectivity index (χ1v) is 9.42. The second kappa shape index (κ2) is 7.76. The van der Waals surface area contributed by atoms with Gasteiger partial charge in [-0.1, -0.05) is 17.7 Å². The number of urea groups is 1. The number of hydrogen-bond acceptors (Lipinski definition) is 2. The maximum absolute atomic E-state index is 13.8. The lowest BCUT2D eigenvalue weighted by atomic mass is 9.96. The molecule has 1 unspecified atom stereocenters. The van der Waals surface area contributed by atoms with E-state index in [1.165, 1.54) is 54.4 Å². The summed E-state index contributed by atoms with van der Waals surface area (Å²) in [6, 6.07) is 13.1. The van der Waals surface area contributed by atoms with Gasteiger partial charge in [0.25, 0.3) is 5.91 Å². The van der Waals surface area contributed by atoms with Crippen LogP contribution >= 0.6 is 11.6 Å². The fourth-order valence-electron chi connectivity index (χ4n) is 3.41. The van der Waals surface area contributed by atoms with E-state index < -0.39 is 23.7 Å². The second-order valence-corrected chi connectivity index (χ2v) is 7.21. The Hall–Kier alpha value is -3.45. The number of fused-ring (bicyclic) bond motifs is 1. The van der Waals surface area contributed by atoms with E-state index in [2.05, 4.69) is 10.6 Å². The topological polar surface area (TPSA) is 61.4 Å². The maximum atomic E-state index is 13.8. The van der Waals surface area contributed by atoms with Gasteiger partial charge in [0.1, 0.15) is 11.6 Å². The van der Waals surface area contributed by atoms with E-state index >= 15 is 0 Å². The molecule has 1 heterocycles. The predicted octanol–water partition coefficient (Wildman–Crippen LogP) is 5.12. The number of amides is 3. The van der Waals surface area contributed by atoms with Crippen LogP contribution in [0.5, 0.6) is 0 Å². The molecule has 0 radical (unpaired) electrons. The quantitative estimate of drug-likeness (QED) is 0.609. The van der Waals surface area contributed by atoms with Crippen molar-refractivity contribution in [3.05, 3.63) is 94.0 Å². The van der Waals surface area contributed by atoms with E-state index in [0.717, 1.165) is 0 Å². The maximum Gasteiger partial charge on any atom is 0.326 e. The zero-order valence-corrected chi connectivity index (χ0v) is 16.5. The molecule has 0 fully saturated rings. The number of anilines is 2. The normalized spacial score (nSPS) is 14.8. The molecule has 1 aliphatic heterocycles. The third kappa shape index (κ3) is 3.59. The summed E-state index contributed by atoms with van der Waals surface area (Å²) in [7, 11) is 1.54. The van der Waals surface area contributed by atoms with Crippen LogP contribution in [0.4, 0.5) is 25.0 Å². The molecule has 0 aliphatic carbocycles. The molecule has 8 heteroatoms. The van der Waals surface area contributed by atoms with E-state index in [1.54, 1.807) is 18.2 Å². The molecule has 0 aromatic heterocycles. The number of hydrogen-bond donors (Lipinski definition) is 2. The predicted molar refractivity (Wildman–Crippen MR) is 111 cm³/mol. The molecule has 0 bridgehead atoms. The summed E-state index contributed by atoms with van der Waals surface area (Å²) in [5.41, 5.74) is 2.12. The molecule has 5 nitrogen and oxygen atoms in total. The minimum atomic E-state index is -0.719. The SMILES string of the molecule is CN(C(=O)Nc1cccc2c1C(c1cc(F)ccc1Cl)NC2=O)c1ccc(F)cc1. The lowest BCUT2D eigenvalue weighted by molar-refractivity contribution is 0.0960. The number of nitrogens with zero attached hydrogens (tertiary/aromatic N) is 1. The number of halogens is 3. The van der Waals surface area contributed by atoms with E-state index in [1.807, 2.05) is 0 Å². The lowest BCUT2D eigenvalue weighted by Crippen LogP contribution is -2.31. The molecule has 3 amide bonds. The number of carbonyl (C=O) groups excluding carboxylic acids is 2. The van der Waals surface area contributed by atoms with Crippen LogP contribution in [0, 0.1) is 11.6 Å². The highest BCUT2D eigenvalue weighted by molar-refractivity contribution is 6.31. The van der Waals surface area contributed by atoms with Crippen molar-refractivity contribution in [2.45, 2.75) is 6.04 Å². The molecule has 1 aliphatic rings. The summed E-state index contributed by atoms with van der Waals surface area (Å²) in [4.78, 5) is 26.5. The van der Waals surface area contributed by atoms with Gasteiger partial charge in [-0.25, -0.2) is 13.6 Å². The van der Waals surface area contributed by atoms with Crippen LogP contribution in [0.2, 0.25) is 5.02 Å². The molecule has 1 atom stereocenters. The third-order valence-electron chi connectivity index (χ3n) is 4.94. The van der Waals surface area contributed by atoms with Crippen LogP contribution in [0.25, 0.3) is 0 Å². The Bertz CT molecular complexity index is 1150. The van der Waals surface area contributed by atoms with Crippen molar-refractivity contribution in [2.24, 2.45) is 0 Å². The molecule has 3 aromatic carbocycles. The Kier molecular flexibility index (Phi) is 5.13. The molecular formula is C22H16ClF2N3O2. The largest absolute Gasteiger partial charge is 0.341 e. The first-order valence-electron chi connectivity index (χ1n) is 9.04. The smallest absolute Gasteiger partial charge is 0.326 e. The van der Waals surface area contributed by atoms with Crippen molar-refractivity contribution in [1.29, 1.82) is 0 Å². The van der Waals surface area contributed by atoms with Gasteiger partial charge < -0.3 is 10.6 Å². The molecule has 3 aromatic rings. The molecular weight excluding hydrogens is 412 g/mol. The van der Waals surface area contributed by atoms with E-state index in [-0.39, 0.29) is 5.91 Å². The average Bonchev–Trinajstić information content (AvgIpc) is 3.07. The van der Waals surface area contributed by atoms with Gasteiger partial charge in [0, 0.05) is 40.1 Å². The molecule has 0 spiro atoms. The minimum Gasteiger partial charge on any atom is -0.341 e. The second-order valence-electron chi connectivity index (χ2n) is 6.80. The molecule has 0 saturated heterocycles. The number of benzene rings is 3. The van der Waals surface area contributed by atoms with E-state index in [0.29, 0.717) is 33.1 Å². The Morgan fingerprint density at radius 3 is 2.50 bits per heavy atom. The molecule has 0 saturated carbocycles. The minimum absolute atomic E-state index is 0.291. The highest BCUT2D eigenvalue weighted by Crippen LogP contribution is 2.39. The number of nitrogens with one attached hydrogen (secondary N) is 2. The van der Waals surface area contributed by atoms with Gasteiger partial charge in [-0.15, -0.1) is 0 Å². The number of carbonyl (C=O) groups is 2. The Morgan fingerprint density at radius 2 is 1.77 bits per heavy atom. The van der Waals surface area contributed by atoms with Crippen molar-refractivity contribution in [1.82, 2.24) is 5.32 Å². The first kappa shape index (κ1) is 19.8. The van der Waals surface area contributed by atoms with E-state index in [9.17, 15) is 18.4 Å². The monoisotopic (exact) mass is 427 g/mol. The Labute approximate surface area is 176 Å². The van der Waals surface area contributed by atoms with Crippen molar-refractivity contribution < 1.29 is 18.4 Å². The molecule has 2 N–H and O–H groups in total. The summed E-state index contributed by atoms with van der Waals surface area (Å²) < 4.78 is 27.0. The summed E-state index contributed by atoms with van der Waals surface area (Å²) in [5, 5.41) is 5.85. The van der Waals surface area contributed by atoms with Gasteiger partial charge in [0.05, 0.1) is 6.04 Å². The summed E-state index contributed by atoms with van der Waals surface area (Å²) in [6.07, 6.45) is 0. The van der Waals surface area contributed by atoms with Crippen LogP contribution in [-0.2, 0) is 0 Å². The van der Waals surface area contributed by atoms with Crippen LogP contribution in [0.3, 0.4) is 0 Å². The van der Waals surface area contributed by atoms with Gasteiger partial charge in [0.2, 0.25) is 0 Å². The molecule has 4 rings (SSSR count). The van der Waals surface area contributed by atoms with Gasteiger partial charge in [-0.05, 0) is 54.6 Å². The standard InChI is InChI=1S/C22H16ClF2N3O2/c1-28(14-8-5-12(24)6-9-14)22(30)26-18-4-2-3-15-19(18)20(27-21(15)29)16-11-13(25)7-10-17(16)23/h2-11,20H,1H3,(H,26,30)(H,27,29). The number of rotatable bonds is 3. The first-order chi connectivity index (χ1) is 14.3. The van der Waals surface area contributed by atoms with Crippen LogP contribution in [-0.4, -0.2) is 19.0 Å². The van der Waals surface area contributed by atoms with Crippen LogP contribution in [0.15, 0.2) is 60.7 Å². The fraction of sp³-hybridized carbons (Fsp3) is 0.0909. The van der Waals surface area contributed by atoms with Gasteiger partial charge in [0.15, 0.2) is 0 Å². The van der Waals surface area contributed by atoms with Crippen LogP contribution < -0.4 is 15.5 Å². The van der Waals surface area contributed by atoms with Gasteiger partial charge >= 0.3 is 6.03 Å². The highest BCUT2D eigenvalue weighted by Gasteiger charge is 2.34. The summed E-state index contributed by atoms with van der Waals surface area (Å²) in [5.74, 6) is -1.25. The highest BCUT2D eigenvalue weighted by atomic mass is 35.5. The zero-order chi connectivity index (χ0) is 21.4. The molecule has 30 heavy (non-hydrogen) atoms. The van der Waals surface area contributed by atoms with Crippen molar-refractivity contribution in [2.75, 3.05) is 17.3 Å².